The third-order valence-corrected chi connectivity index (χ3v) is 8.73. The molecule has 2 fully saturated rings. The molecule has 0 spiro atoms. The van der Waals surface area contributed by atoms with Gasteiger partial charge in [-0.25, -0.2) is 9.59 Å². The molecule has 5 rings (SSSR count). The van der Waals surface area contributed by atoms with Crippen LogP contribution >= 0.6 is 0 Å². The number of nitrogens with one attached hydrogen (secondary N) is 4. The highest BCUT2D eigenvalue weighted by molar-refractivity contribution is 6.32. The number of hydrogen-bond donors (Lipinski definition) is 4. The molecule has 4 N–H and O–H groups in total. The van der Waals surface area contributed by atoms with E-state index in [-0.39, 0.29) is 24.4 Å². The molecule has 2 radical (unpaired) electrons. The lowest BCUT2D eigenvalue weighted by atomic mass is 9.90. The maximum absolute atomic E-state index is 13.4. The minimum atomic E-state index is -1.02. The molecule has 0 saturated carbocycles. The Balaban J connectivity index is 1.17. The summed E-state index contributed by atoms with van der Waals surface area (Å²) in [5, 5.41) is 12.8. The topological polar surface area (TPSA) is 115 Å². The number of hydrogen-bond acceptors (Lipinski definition) is 6. The summed E-state index contributed by atoms with van der Waals surface area (Å²) in [5.41, 5.74) is 4.15. The normalized spacial score (nSPS) is 18.5. The third kappa shape index (κ3) is 8.42. The lowest BCUT2D eigenvalue weighted by Crippen LogP contribution is -2.51. The minimum absolute atomic E-state index is 0.0181. The van der Waals surface area contributed by atoms with Crippen LogP contribution < -0.4 is 26.7 Å². The van der Waals surface area contributed by atoms with E-state index in [1.54, 1.807) is 23.1 Å². The Bertz CT molecular complexity index is 1330. The number of amides is 4. The lowest BCUT2D eigenvalue weighted by Gasteiger charge is -2.37. The summed E-state index contributed by atoms with van der Waals surface area (Å²) in [6.45, 7) is 8.37. The van der Waals surface area contributed by atoms with Crippen LogP contribution in [-0.2, 0) is 22.4 Å². The van der Waals surface area contributed by atoms with Crippen molar-refractivity contribution in [3.05, 3.63) is 65.7 Å². The molecule has 4 amide bonds. The van der Waals surface area contributed by atoms with Crippen LogP contribution in [0.3, 0.4) is 0 Å². The highest BCUT2D eigenvalue weighted by Gasteiger charge is 2.33. The van der Waals surface area contributed by atoms with Crippen LogP contribution in [0.1, 0.15) is 42.4 Å². The molecule has 0 aromatic heterocycles. The number of para-hydroxylation sites is 1. The van der Waals surface area contributed by atoms with E-state index in [1.807, 2.05) is 35.2 Å². The molecule has 232 valence electrons. The van der Waals surface area contributed by atoms with Crippen LogP contribution in [0.25, 0.3) is 6.08 Å². The van der Waals surface area contributed by atoms with Gasteiger partial charge in [-0.1, -0.05) is 54.5 Å². The predicted molar refractivity (Wildman–Crippen MR) is 173 cm³/mol. The monoisotopic (exact) mass is 598 g/mol. The van der Waals surface area contributed by atoms with E-state index in [0.29, 0.717) is 57.1 Å². The maximum Gasteiger partial charge on any atom is 0.410 e. The van der Waals surface area contributed by atoms with Gasteiger partial charge in [-0.05, 0) is 68.0 Å². The Labute approximate surface area is 261 Å². The first-order valence-corrected chi connectivity index (χ1v) is 15.7. The van der Waals surface area contributed by atoms with Gasteiger partial charge in [0, 0.05) is 56.9 Å². The molecule has 3 heterocycles. The second kappa shape index (κ2) is 15.3. The number of likely N-dealkylation sites (tertiary alicyclic amines) is 1. The second-order valence-corrected chi connectivity index (χ2v) is 11.8. The van der Waals surface area contributed by atoms with Crippen LogP contribution in [0.4, 0.5) is 15.3 Å². The number of ether oxygens (including phenoxy) is 1. The Morgan fingerprint density at radius 2 is 1.84 bits per heavy atom. The van der Waals surface area contributed by atoms with Crippen molar-refractivity contribution in [2.24, 2.45) is 0 Å². The number of piperidine rings is 2. The van der Waals surface area contributed by atoms with Crippen molar-refractivity contribution in [2.45, 2.75) is 56.7 Å². The Morgan fingerprint density at radius 1 is 1.07 bits per heavy atom. The smallest absolute Gasteiger partial charge is 0.410 e. The lowest BCUT2D eigenvalue weighted by molar-refractivity contribution is -0.130. The van der Waals surface area contributed by atoms with Gasteiger partial charge in [-0.15, -0.1) is 0 Å². The number of fused-ring (bicyclic) bond motifs is 1. The molecule has 0 aliphatic carbocycles. The van der Waals surface area contributed by atoms with Gasteiger partial charge in [0.1, 0.15) is 7.85 Å². The van der Waals surface area contributed by atoms with E-state index in [0.717, 1.165) is 54.7 Å². The maximum atomic E-state index is 13.4. The van der Waals surface area contributed by atoms with Crippen molar-refractivity contribution in [1.29, 1.82) is 0 Å². The van der Waals surface area contributed by atoms with Crippen LogP contribution in [0.5, 0.6) is 0 Å². The first-order chi connectivity index (χ1) is 21.4. The van der Waals surface area contributed by atoms with E-state index in [2.05, 4.69) is 27.8 Å². The number of urea groups is 1. The fourth-order valence-corrected chi connectivity index (χ4v) is 6.28. The van der Waals surface area contributed by atoms with Gasteiger partial charge in [-0.2, -0.15) is 0 Å². The molecule has 0 unspecified atom stereocenters. The minimum Gasteiger partial charge on any atom is -0.436 e. The van der Waals surface area contributed by atoms with Crippen LogP contribution in [0.2, 0.25) is 0 Å². The molecule has 3 aliphatic rings. The van der Waals surface area contributed by atoms with Gasteiger partial charge in [0.15, 0.2) is 6.10 Å². The standard InChI is InChI=1S/C33H43BN6O4/c1-2-23-19-24(21-26(34)20-23)22-30(31(41)37-15-14-36-27-7-12-35-13-8-27)44-33(43)39-16-10-28(11-17-39)40-18-9-25-5-3-4-6-29(25)38-32(40)42/h2-6,19-21,27-28,30,35-36H,1,7-18,22H2,(H,37,41)(H,38,42)/t30-/m1/s1. The third-order valence-electron chi connectivity index (χ3n) is 8.73. The summed E-state index contributed by atoms with van der Waals surface area (Å²) in [6, 6.07) is 13.7. The summed E-state index contributed by atoms with van der Waals surface area (Å²) >= 11 is 0. The van der Waals surface area contributed by atoms with E-state index in [1.165, 1.54) is 0 Å². The number of carbonyl (C=O) groups is 3. The summed E-state index contributed by atoms with van der Waals surface area (Å²) in [6.07, 6.45) is 4.50. The largest absolute Gasteiger partial charge is 0.436 e. The molecule has 1 atom stereocenters. The van der Waals surface area contributed by atoms with Gasteiger partial charge >= 0.3 is 12.1 Å². The zero-order valence-electron chi connectivity index (χ0n) is 25.4. The fraction of sp³-hybridized carbons (Fsp3) is 0.485. The van der Waals surface area contributed by atoms with Crippen molar-refractivity contribution in [1.82, 2.24) is 25.8 Å². The van der Waals surface area contributed by atoms with E-state index in [9.17, 15) is 14.4 Å². The number of benzene rings is 2. The van der Waals surface area contributed by atoms with E-state index < -0.39 is 12.2 Å². The molecular weight excluding hydrogens is 555 g/mol. The molecule has 2 saturated heterocycles. The Hall–Kier alpha value is -3.83. The molecule has 44 heavy (non-hydrogen) atoms. The first-order valence-electron chi connectivity index (χ1n) is 15.7. The molecule has 3 aliphatic heterocycles. The molecular formula is C33H43BN6O4. The average Bonchev–Trinajstić information content (AvgIpc) is 3.21. The van der Waals surface area contributed by atoms with E-state index >= 15 is 0 Å². The van der Waals surface area contributed by atoms with Gasteiger partial charge in [0.2, 0.25) is 0 Å². The quantitative estimate of drug-likeness (QED) is 0.246. The number of carbonyl (C=O) groups excluding carboxylic acids is 3. The number of nitrogens with zero attached hydrogens (tertiary/aromatic N) is 2. The Morgan fingerprint density at radius 3 is 2.61 bits per heavy atom. The van der Waals surface area contributed by atoms with Crippen molar-refractivity contribution >= 4 is 43.1 Å². The Kier molecular flexibility index (Phi) is 11.0. The van der Waals surface area contributed by atoms with Crippen LogP contribution in [0, 0.1) is 0 Å². The molecule has 2 aromatic carbocycles. The SMILES string of the molecule is [B]c1cc(C=C)cc(C[C@@H](OC(=O)N2CCC(N3CCc4ccccc4NC3=O)CC2)C(=O)NCCNC2CCNCC2)c1. The summed E-state index contributed by atoms with van der Waals surface area (Å²) in [5.74, 6) is -0.344. The highest BCUT2D eigenvalue weighted by atomic mass is 16.6. The van der Waals surface area contributed by atoms with Crippen molar-refractivity contribution in [3.63, 3.8) is 0 Å². The number of anilines is 1. The molecule has 0 bridgehead atoms. The van der Waals surface area contributed by atoms with Crippen molar-refractivity contribution in [2.75, 3.05) is 51.1 Å². The van der Waals surface area contributed by atoms with Crippen LogP contribution in [0.15, 0.2) is 49.0 Å². The van der Waals surface area contributed by atoms with Crippen molar-refractivity contribution in [3.8, 4) is 0 Å². The first kappa shape index (κ1) is 31.6. The molecule has 10 nitrogen and oxygen atoms in total. The summed E-state index contributed by atoms with van der Waals surface area (Å²) in [7, 11) is 6.08. The summed E-state index contributed by atoms with van der Waals surface area (Å²) < 4.78 is 5.87. The van der Waals surface area contributed by atoms with Crippen molar-refractivity contribution < 1.29 is 19.1 Å². The number of rotatable bonds is 10. The average molecular weight is 599 g/mol. The van der Waals surface area contributed by atoms with Crippen LogP contribution in [-0.4, -0.2) is 99.7 Å². The van der Waals surface area contributed by atoms with Gasteiger partial charge in [-0.3, -0.25) is 4.79 Å². The predicted octanol–water partition coefficient (Wildman–Crippen LogP) is 2.18. The van der Waals surface area contributed by atoms with Gasteiger partial charge in [0.25, 0.3) is 5.91 Å². The highest BCUT2D eigenvalue weighted by Crippen LogP contribution is 2.25. The van der Waals surface area contributed by atoms with Gasteiger partial charge < -0.3 is 35.8 Å². The zero-order valence-corrected chi connectivity index (χ0v) is 25.4. The fourth-order valence-electron chi connectivity index (χ4n) is 6.28. The van der Waals surface area contributed by atoms with E-state index in [4.69, 9.17) is 12.6 Å². The van der Waals surface area contributed by atoms with Gasteiger partial charge in [0.05, 0.1) is 0 Å². The molecule has 11 heteroatoms. The second-order valence-electron chi connectivity index (χ2n) is 11.8. The molecule has 2 aromatic rings. The zero-order chi connectivity index (χ0) is 30.9. The summed E-state index contributed by atoms with van der Waals surface area (Å²) in [4.78, 5) is 43.2.